The second-order valence-corrected chi connectivity index (χ2v) is 4.48. The maximum absolute atomic E-state index is 11.1. The molecule has 1 atom stereocenters. The van der Waals surface area contributed by atoms with Crippen LogP contribution in [0.5, 0.6) is 0 Å². The molecule has 1 unspecified atom stereocenters. The third-order valence-corrected chi connectivity index (χ3v) is 3.15. The molecule has 0 saturated carbocycles. The smallest absolute Gasteiger partial charge is 0.234 e. The molecule has 0 fully saturated rings. The monoisotopic (exact) mass is 241 g/mol. The second kappa shape index (κ2) is 4.87. The van der Waals surface area contributed by atoms with E-state index in [4.69, 9.17) is 11.6 Å². The molecule has 2 rings (SSSR count). The predicted octanol–water partition coefficient (Wildman–Crippen LogP) is 1.42. The number of aromatic nitrogens is 2. The van der Waals surface area contributed by atoms with Gasteiger partial charge in [0.05, 0.1) is 5.69 Å². The van der Waals surface area contributed by atoms with Crippen molar-refractivity contribution in [3.8, 4) is 0 Å². The zero-order chi connectivity index (χ0) is 11.5. The first kappa shape index (κ1) is 11.5. The summed E-state index contributed by atoms with van der Waals surface area (Å²) in [6, 6.07) is 0. The summed E-state index contributed by atoms with van der Waals surface area (Å²) < 4.78 is 2.19. The largest absolute Gasteiger partial charge is 0.354 e. The molecule has 0 spiro atoms. The summed E-state index contributed by atoms with van der Waals surface area (Å²) in [5.41, 5.74) is 1.05. The lowest BCUT2D eigenvalue weighted by Gasteiger charge is -2.23. The third-order valence-electron chi connectivity index (χ3n) is 2.91. The number of alkyl halides is 1. The first-order valence-electron chi connectivity index (χ1n) is 5.57. The van der Waals surface area contributed by atoms with Crippen molar-refractivity contribution in [1.29, 1.82) is 0 Å². The van der Waals surface area contributed by atoms with Gasteiger partial charge in [-0.05, 0) is 19.8 Å². The number of imidazole rings is 1. The van der Waals surface area contributed by atoms with E-state index in [1.807, 2.05) is 6.92 Å². The van der Waals surface area contributed by atoms with Gasteiger partial charge in [0, 0.05) is 25.2 Å². The number of carbonyl (C=O) groups excluding carboxylic acids is 1. The van der Waals surface area contributed by atoms with E-state index in [1.165, 1.54) is 0 Å². The Morgan fingerprint density at radius 2 is 2.56 bits per heavy atom. The molecule has 1 aromatic heterocycles. The summed E-state index contributed by atoms with van der Waals surface area (Å²) in [6.45, 7) is 3.68. The number of hydrogen-bond donors (Lipinski definition) is 1. The molecule has 1 aliphatic rings. The van der Waals surface area contributed by atoms with E-state index in [-0.39, 0.29) is 11.8 Å². The average molecular weight is 242 g/mol. The first-order chi connectivity index (χ1) is 7.70. The van der Waals surface area contributed by atoms with Gasteiger partial charge in [-0.2, -0.15) is 0 Å². The van der Waals surface area contributed by atoms with E-state index >= 15 is 0 Å². The Balaban J connectivity index is 2.04. The van der Waals surface area contributed by atoms with Crippen molar-refractivity contribution in [1.82, 2.24) is 14.9 Å². The summed E-state index contributed by atoms with van der Waals surface area (Å²) in [5.74, 6) is 1.34. The van der Waals surface area contributed by atoms with Crippen molar-refractivity contribution in [3.05, 3.63) is 17.7 Å². The number of halogens is 1. The molecule has 4 nitrogen and oxygen atoms in total. The lowest BCUT2D eigenvalue weighted by Crippen LogP contribution is -2.31. The number of hydrogen-bond acceptors (Lipinski definition) is 2. The van der Waals surface area contributed by atoms with Crippen LogP contribution in [0.25, 0.3) is 0 Å². The maximum Gasteiger partial charge on any atom is 0.234 e. The molecule has 0 aliphatic carbocycles. The SMILES string of the molecule is Cc1cn2c(n1)C(CNC(=O)CCl)CCC2. The van der Waals surface area contributed by atoms with E-state index in [0.717, 1.165) is 30.9 Å². The van der Waals surface area contributed by atoms with Crippen LogP contribution in [-0.2, 0) is 11.3 Å². The van der Waals surface area contributed by atoms with Crippen LogP contribution in [0.1, 0.15) is 30.3 Å². The average Bonchev–Trinajstić information content (AvgIpc) is 2.66. The highest BCUT2D eigenvalue weighted by atomic mass is 35.5. The normalized spacial score (nSPS) is 19.2. The zero-order valence-electron chi connectivity index (χ0n) is 9.37. The maximum atomic E-state index is 11.1. The van der Waals surface area contributed by atoms with Crippen LogP contribution in [0.15, 0.2) is 6.20 Å². The van der Waals surface area contributed by atoms with E-state index in [9.17, 15) is 4.79 Å². The molecular formula is C11H16ClN3O. The van der Waals surface area contributed by atoms with Crippen LogP contribution in [0.2, 0.25) is 0 Å². The molecule has 88 valence electrons. The highest BCUT2D eigenvalue weighted by Crippen LogP contribution is 2.25. The minimum Gasteiger partial charge on any atom is -0.354 e. The zero-order valence-corrected chi connectivity index (χ0v) is 10.1. The van der Waals surface area contributed by atoms with Crippen molar-refractivity contribution in [2.45, 2.75) is 32.2 Å². The molecule has 1 aliphatic heterocycles. The van der Waals surface area contributed by atoms with Crippen molar-refractivity contribution >= 4 is 17.5 Å². The number of nitrogens with zero attached hydrogens (tertiary/aromatic N) is 2. The molecule has 5 heteroatoms. The molecule has 1 aromatic rings. The van der Waals surface area contributed by atoms with Gasteiger partial charge in [0.2, 0.25) is 5.91 Å². The number of amides is 1. The van der Waals surface area contributed by atoms with Gasteiger partial charge in [0.25, 0.3) is 0 Å². The lowest BCUT2D eigenvalue weighted by atomic mass is 9.99. The summed E-state index contributed by atoms with van der Waals surface area (Å²) in [4.78, 5) is 15.6. The Hall–Kier alpha value is -1.03. The van der Waals surface area contributed by atoms with Gasteiger partial charge in [-0.25, -0.2) is 4.98 Å². The number of carbonyl (C=O) groups is 1. The van der Waals surface area contributed by atoms with E-state index in [2.05, 4.69) is 21.1 Å². The minimum atomic E-state index is -0.109. The number of aryl methyl sites for hydroxylation is 2. The molecule has 2 heterocycles. The Kier molecular flexibility index (Phi) is 3.49. The number of fused-ring (bicyclic) bond motifs is 1. The number of nitrogens with one attached hydrogen (secondary N) is 1. The van der Waals surface area contributed by atoms with Crippen molar-refractivity contribution in [2.75, 3.05) is 12.4 Å². The van der Waals surface area contributed by atoms with Crippen LogP contribution >= 0.6 is 11.6 Å². The topological polar surface area (TPSA) is 46.9 Å². The van der Waals surface area contributed by atoms with Crippen molar-refractivity contribution in [3.63, 3.8) is 0 Å². The molecule has 0 aromatic carbocycles. The molecule has 16 heavy (non-hydrogen) atoms. The Morgan fingerprint density at radius 3 is 3.31 bits per heavy atom. The van der Waals surface area contributed by atoms with E-state index < -0.39 is 0 Å². The fourth-order valence-corrected chi connectivity index (χ4v) is 2.28. The van der Waals surface area contributed by atoms with Gasteiger partial charge in [-0.15, -0.1) is 11.6 Å². The van der Waals surface area contributed by atoms with Gasteiger partial charge < -0.3 is 9.88 Å². The minimum absolute atomic E-state index is 0.0280. The van der Waals surface area contributed by atoms with Crippen LogP contribution in [0.4, 0.5) is 0 Å². The molecule has 1 amide bonds. The standard InChI is InChI=1S/C11H16ClN3O/c1-8-7-15-4-2-3-9(11(15)14-8)6-13-10(16)5-12/h7,9H,2-6H2,1H3,(H,13,16). The molecule has 0 saturated heterocycles. The highest BCUT2D eigenvalue weighted by molar-refractivity contribution is 6.27. The third kappa shape index (κ3) is 2.38. The van der Waals surface area contributed by atoms with Crippen LogP contribution in [-0.4, -0.2) is 27.9 Å². The van der Waals surface area contributed by atoms with Crippen LogP contribution < -0.4 is 5.32 Å². The van der Waals surface area contributed by atoms with Crippen LogP contribution in [0.3, 0.4) is 0 Å². The Bertz CT molecular complexity index is 389. The molecule has 0 bridgehead atoms. The second-order valence-electron chi connectivity index (χ2n) is 4.21. The summed E-state index contributed by atoms with van der Waals surface area (Å²) in [6.07, 6.45) is 4.30. The number of rotatable bonds is 3. The van der Waals surface area contributed by atoms with Gasteiger partial charge in [0.15, 0.2) is 0 Å². The van der Waals surface area contributed by atoms with Gasteiger partial charge in [-0.1, -0.05) is 0 Å². The summed E-state index contributed by atoms with van der Waals surface area (Å²) in [5, 5.41) is 2.83. The highest BCUT2D eigenvalue weighted by Gasteiger charge is 2.22. The van der Waals surface area contributed by atoms with Crippen LogP contribution in [0, 0.1) is 6.92 Å². The lowest BCUT2D eigenvalue weighted by molar-refractivity contribution is -0.118. The van der Waals surface area contributed by atoms with Gasteiger partial charge >= 0.3 is 0 Å². The summed E-state index contributed by atoms with van der Waals surface area (Å²) >= 11 is 5.44. The van der Waals surface area contributed by atoms with Crippen molar-refractivity contribution in [2.24, 2.45) is 0 Å². The van der Waals surface area contributed by atoms with Crippen molar-refractivity contribution < 1.29 is 4.79 Å². The first-order valence-corrected chi connectivity index (χ1v) is 6.10. The predicted molar refractivity (Wildman–Crippen MR) is 62.7 cm³/mol. The van der Waals surface area contributed by atoms with Gasteiger partial charge in [-0.3, -0.25) is 4.79 Å². The fraction of sp³-hybridized carbons (Fsp3) is 0.636. The fourth-order valence-electron chi connectivity index (χ4n) is 2.19. The Labute approximate surface area is 100.0 Å². The molecular weight excluding hydrogens is 226 g/mol. The van der Waals surface area contributed by atoms with E-state index in [1.54, 1.807) is 0 Å². The van der Waals surface area contributed by atoms with E-state index in [0.29, 0.717) is 12.5 Å². The summed E-state index contributed by atoms with van der Waals surface area (Å²) in [7, 11) is 0. The molecule has 1 N–H and O–H groups in total. The van der Waals surface area contributed by atoms with Gasteiger partial charge in [0.1, 0.15) is 11.7 Å². The quantitative estimate of drug-likeness (QED) is 0.814. The molecule has 0 radical (unpaired) electrons. The Morgan fingerprint density at radius 1 is 1.75 bits per heavy atom.